The summed E-state index contributed by atoms with van der Waals surface area (Å²) in [6.07, 6.45) is 2.16. The van der Waals surface area contributed by atoms with Gasteiger partial charge in [0.2, 0.25) is 6.29 Å². The molecule has 1 aliphatic heterocycles. The van der Waals surface area contributed by atoms with Crippen molar-refractivity contribution in [3.8, 4) is 0 Å². The molecular formula is C17H31N3O9P2. The van der Waals surface area contributed by atoms with E-state index in [2.05, 4.69) is 4.98 Å². The predicted molar refractivity (Wildman–Crippen MR) is 113 cm³/mol. The third-order valence-corrected chi connectivity index (χ3v) is 6.16. The van der Waals surface area contributed by atoms with Crippen LogP contribution in [0.15, 0.2) is 17.1 Å². The van der Waals surface area contributed by atoms with Crippen molar-refractivity contribution in [3.63, 3.8) is 0 Å². The van der Waals surface area contributed by atoms with Gasteiger partial charge in [-0.05, 0) is 18.9 Å². The number of phosphoric acid groups is 1. The fourth-order valence-electron chi connectivity index (χ4n) is 2.55. The quantitative estimate of drug-likeness (QED) is 0.170. The molecule has 12 nitrogen and oxygen atoms in total. The Balaban J connectivity index is 2.06. The molecule has 31 heavy (non-hydrogen) atoms. The van der Waals surface area contributed by atoms with Crippen LogP contribution in [0, 0.1) is 0 Å². The van der Waals surface area contributed by atoms with Crippen LogP contribution in [0.1, 0.15) is 52.2 Å². The van der Waals surface area contributed by atoms with Gasteiger partial charge in [0.05, 0.1) is 13.2 Å². The second kappa shape index (κ2) is 13.6. The van der Waals surface area contributed by atoms with Crippen molar-refractivity contribution in [2.24, 2.45) is 0 Å². The van der Waals surface area contributed by atoms with Crippen LogP contribution in [0.25, 0.3) is 0 Å². The van der Waals surface area contributed by atoms with Crippen LogP contribution < -0.4 is 11.4 Å². The molecule has 1 aromatic rings. The monoisotopic (exact) mass is 483 g/mol. The summed E-state index contributed by atoms with van der Waals surface area (Å²) in [5.41, 5.74) is 4.93. The van der Waals surface area contributed by atoms with Crippen molar-refractivity contribution in [1.82, 2.24) is 9.55 Å². The van der Waals surface area contributed by atoms with E-state index < -0.39 is 32.1 Å². The van der Waals surface area contributed by atoms with Crippen molar-refractivity contribution < 1.29 is 37.0 Å². The van der Waals surface area contributed by atoms with Gasteiger partial charge in [0.25, 0.3) is 0 Å². The molecule has 2 N–H and O–H groups in total. The number of hydrogen-bond donors (Lipinski definition) is 1. The van der Waals surface area contributed by atoms with Crippen molar-refractivity contribution in [1.29, 1.82) is 0 Å². The molecule has 1 saturated heterocycles. The smallest absolute Gasteiger partial charge is 0.383 e. The van der Waals surface area contributed by atoms with Gasteiger partial charge < -0.3 is 15.0 Å². The Bertz CT molecular complexity index is 767. The van der Waals surface area contributed by atoms with E-state index in [0.29, 0.717) is 13.0 Å². The van der Waals surface area contributed by atoms with Gasteiger partial charge in [0.15, 0.2) is 9.03 Å². The molecule has 2 rings (SSSR count). The zero-order valence-corrected chi connectivity index (χ0v) is 19.8. The topological polar surface area (TPSA) is 143 Å². The molecule has 1 fully saturated rings. The molecule has 0 aromatic carbocycles. The summed E-state index contributed by atoms with van der Waals surface area (Å²) in [6, 6.07) is 1.46. The van der Waals surface area contributed by atoms with Gasteiger partial charge >= 0.3 is 13.5 Å². The third-order valence-electron chi connectivity index (χ3n) is 4.26. The molecule has 0 aliphatic carbocycles. The summed E-state index contributed by atoms with van der Waals surface area (Å²) in [4.78, 5) is 21.2. The fraction of sp³-hybridized carbons (Fsp3) is 0.765. The van der Waals surface area contributed by atoms with Gasteiger partial charge in [-0.2, -0.15) is 9.66 Å². The van der Waals surface area contributed by atoms with Gasteiger partial charge in [-0.25, -0.2) is 14.2 Å². The first-order valence-electron chi connectivity index (χ1n) is 10.1. The van der Waals surface area contributed by atoms with Crippen LogP contribution in [-0.4, -0.2) is 42.3 Å². The zero-order valence-electron chi connectivity index (χ0n) is 17.9. The van der Waals surface area contributed by atoms with Crippen molar-refractivity contribution in [3.05, 3.63) is 22.7 Å². The van der Waals surface area contributed by atoms with Gasteiger partial charge in [0, 0.05) is 19.7 Å². The van der Waals surface area contributed by atoms with Gasteiger partial charge in [-0.3, -0.25) is 18.1 Å². The molecule has 5 atom stereocenters. The molecule has 2 heterocycles. The van der Waals surface area contributed by atoms with E-state index in [1.807, 2.05) is 13.8 Å². The van der Waals surface area contributed by atoms with Crippen molar-refractivity contribution >= 4 is 22.7 Å². The highest BCUT2D eigenvalue weighted by Gasteiger charge is 2.44. The van der Waals surface area contributed by atoms with E-state index in [-0.39, 0.29) is 27.9 Å². The molecule has 1 aliphatic rings. The van der Waals surface area contributed by atoms with E-state index in [4.69, 9.17) is 38.1 Å². The first-order valence-corrected chi connectivity index (χ1v) is 12.4. The highest BCUT2D eigenvalue weighted by atomic mass is 31.2. The molecule has 0 saturated carbocycles. The molecule has 0 radical (unpaired) electrons. The lowest BCUT2D eigenvalue weighted by molar-refractivity contribution is -0.275. The molecular weight excluding hydrogens is 452 g/mol. The second-order valence-corrected chi connectivity index (χ2v) is 9.01. The summed E-state index contributed by atoms with van der Waals surface area (Å²) in [5.74, 6) is 0.0850. The number of unbranched alkanes of at least 4 members (excludes halogenated alkanes) is 2. The molecule has 14 heteroatoms. The van der Waals surface area contributed by atoms with E-state index in [1.54, 1.807) is 0 Å². The first kappa shape index (κ1) is 26.3. The number of nitrogens with zero attached hydrogens (tertiary/aromatic N) is 2. The number of nitrogens with two attached hydrogens (primary N) is 1. The number of nitrogen functional groups attached to an aromatic ring is 1. The molecule has 2 unspecified atom stereocenters. The lowest BCUT2D eigenvalue weighted by Crippen LogP contribution is -2.28. The predicted octanol–water partition coefficient (Wildman–Crippen LogP) is 3.30. The maximum atomic E-state index is 12.8. The van der Waals surface area contributed by atoms with E-state index in [9.17, 15) is 9.36 Å². The van der Waals surface area contributed by atoms with Crippen LogP contribution in [0.2, 0.25) is 0 Å². The molecule has 0 bridgehead atoms. The summed E-state index contributed by atoms with van der Waals surface area (Å²) in [6.45, 7) is 4.74. The third kappa shape index (κ3) is 8.49. The number of ether oxygens (including phenoxy) is 1. The Morgan fingerprint density at radius 1 is 1.32 bits per heavy atom. The molecule has 0 spiro atoms. The highest BCUT2D eigenvalue weighted by Crippen LogP contribution is 2.52. The number of anilines is 1. The Hall–Kier alpha value is -0.940. The Kier molecular flexibility index (Phi) is 11.5. The van der Waals surface area contributed by atoms with Crippen LogP contribution in [-0.2, 0) is 37.0 Å². The first-order chi connectivity index (χ1) is 14.9. The number of rotatable bonds is 15. The second-order valence-electron chi connectivity index (χ2n) is 6.66. The van der Waals surface area contributed by atoms with Crippen LogP contribution >= 0.6 is 16.9 Å². The maximum Gasteiger partial charge on any atom is 0.476 e. The normalized spacial score (nSPS) is 23.5. The Morgan fingerprint density at radius 3 is 2.74 bits per heavy atom. The Morgan fingerprint density at radius 2 is 2.06 bits per heavy atom. The average molecular weight is 483 g/mol. The van der Waals surface area contributed by atoms with Crippen molar-refractivity contribution in [2.45, 2.75) is 64.6 Å². The van der Waals surface area contributed by atoms with Crippen LogP contribution in [0.4, 0.5) is 5.82 Å². The van der Waals surface area contributed by atoms with Gasteiger partial charge in [-0.15, -0.1) is 0 Å². The standard InChI is InChI=1S/C17H31N3O9P2/c1-4-6-10-24-30-29-27-13-12-15(20-9-8-14(18)19-17(20)21)26-16(13)28-31(22,23-3)25-11-7-5-2/h8-9,13,15-16,30H,4-7,10-12H2,1-3H3,(H2,18,19,21)/t13-,15+,16+,31?/m0/s1. The minimum Gasteiger partial charge on any atom is -0.383 e. The van der Waals surface area contributed by atoms with E-state index in [1.165, 1.54) is 23.9 Å². The Labute approximate surface area is 183 Å². The van der Waals surface area contributed by atoms with Gasteiger partial charge in [-0.1, -0.05) is 26.7 Å². The lowest BCUT2D eigenvalue weighted by Gasteiger charge is -2.22. The number of phosphoric ester groups is 1. The zero-order chi connectivity index (χ0) is 22.7. The highest BCUT2D eigenvalue weighted by molar-refractivity contribution is 7.48. The summed E-state index contributed by atoms with van der Waals surface area (Å²) >= 11 is 0. The lowest BCUT2D eigenvalue weighted by atomic mass is 10.2. The summed E-state index contributed by atoms with van der Waals surface area (Å²) in [5, 5.41) is 0. The molecule has 0 amide bonds. The minimum absolute atomic E-state index is 0.0850. The summed E-state index contributed by atoms with van der Waals surface area (Å²) in [7, 11) is -3.07. The minimum atomic E-state index is -3.92. The van der Waals surface area contributed by atoms with Crippen LogP contribution in [0.3, 0.4) is 0 Å². The van der Waals surface area contributed by atoms with Crippen LogP contribution in [0.5, 0.6) is 0 Å². The van der Waals surface area contributed by atoms with Crippen molar-refractivity contribution in [2.75, 3.05) is 26.1 Å². The summed E-state index contributed by atoms with van der Waals surface area (Å²) < 4.78 is 46.0. The largest absolute Gasteiger partial charge is 0.476 e. The molecule has 1 aromatic heterocycles. The van der Waals surface area contributed by atoms with E-state index in [0.717, 1.165) is 19.3 Å². The SMILES string of the molecule is CCCCOPOO[C@H]1C[C@H](n2ccc(N)nc2=O)O[C@@H]1OP(=O)(OC)OCCCC. The number of hydrogen-bond acceptors (Lipinski definition) is 11. The fourth-order valence-corrected chi connectivity index (χ4v) is 4.03. The maximum absolute atomic E-state index is 12.8. The van der Waals surface area contributed by atoms with E-state index >= 15 is 0 Å². The number of aromatic nitrogens is 2. The van der Waals surface area contributed by atoms with Gasteiger partial charge in [0.1, 0.15) is 18.1 Å². The average Bonchev–Trinajstić information content (AvgIpc) is 3.12. The molecule has 178 valence electrons.